The minimum absolute atomic E-state index is 0.0116. The molecule has 1 aromatic rings. The minimum atomic E-state index is -0.830. The third-order valence-electron chi connectivity index (χ3n) is 1.97. The van der Waals surface area contributed by atoms with Crippen molar-refractivity contribution in [2.45, 2.75) is 19.2 Å². The fourth-order valence-corrected chi connectivity index (χ4v) is 1.15. The number of hydrogen-bond acceptors (Lipinski definition) is 2. The molecule has 0 radical (unpaired) electrons. The van der Waals surface area contributed by atoms with E-state index in [9.17, 15) is 14.0 Å². The smallest absolute Gasteiger partial charge is 0.305 e. The summed E-state index contributed by atoms with van der Waals surface area (Å²) in [5.74, 6) is -1.21. The Morgan fingerprint density at radius 2 is 2.06 bits per heavy atom. The van der Waals surface area contributed by atoms with Gasteiger partial charge in [0.1, 0.15) is 11.2 Å². The summed E-state index contributed by atoms with van der Waals surface area (Å²) in [5, 5.41) is 3.39. The Kier molecular flexibility index (Phi) is 4.45. The number of amides is 3. The third-order valence-corrected chi connectivity index (χ3v) is 2.17. The van der Waals surface area contributed by atoms with Crippen LogP contribution in [0.4, 0.5) is 14.9 Å². The molecule has 17 heavy (non-hydrogen) atoms. The maximum Gasteiger partial charge on any atom is 0.326 e. The summed E-state index contributed by atoms with van der Waals surface area (Å²) in [4.78, 5) is 22.4. The zero-order valence-electron chi connectivity index (χ0n) is 9.38. The maximum atomic E-state index is 13.3. The van der Waals surface area contributed by atoms with Crippen molar-refractivity contribution in [3.63, 3.8) is 0 Å². The molecule has 0 aromatic heterocycles. The van der Waals surface area contributed by atoms with Crippen LogP contribution in [0.2, 0.25) is 0 Å². The highest BCUT2D eigenvalue weighted by molar-refractivity contribution is 6.31. The summed E-state index contributed by atoms with van der Waals surface area (Å²) >= 11 is 5.47. The number of hydrogen-bond donors (Lipinski definition) is 2. The highest BCUT2D eigenvalue weighted by Gasteiger charge is 2.14. The van der Waals surface area contributed by atoms with Crippen LogP contribution < -0.4 is 10.6 Å². The van der Waals surface area contributed by atoms with Crippen molar-refractivity contribution in [1.82, 2.24) is 5.32 Å². The van der Waals surface area contributed by atoms with Crippen molar-refractivity contribution < 1.29 is 14.0 Å². The van der Waals surface area contributed by atoms with E-state index in [1.165, 1.54) is 19.1 Å². The summed E-state index contributed by atoms with van der Waals surface area (Å²) in [7, 11) is 0. The van der Waals surface area contributed by atoms with Crippen LogP contribution in [0.5, 0.6) is 0 Å². The first-order chi connectivity index (χ1) is 7.90. The molecular weight excluding hydrogens is 247 g/mol. The van der Waals surface area contributed by atoms with E-state index in [1.807, 2.05) is 5.32 Å². The highest BCUT2D eigenvalue weighted by atomic mass is 35.5. The van der Waals surface area contributed by atoms with E-state index in [1.54, 1.807) is 13.0 Å². The molecule has 0 heterocycles. The Morgan fingerprint density at radius 1 is 1.41 bits per heavy atom. The average molecular weight is 259 g/mol. The van der Waals surface area contributed by atoms with Crippen molar-refractivity contribution in [3.8, 4) is 0 Å². The number of rotatable bonds is 2. The largest absolute Gasteiger partial charge is 0.326 e. The number of halogens is 2. The predicted molar refractivity (Wildman–Crippen MR) is 63.6 cm³/mol. The van der Waals surface area contributed by atoms with E-state index >= 15 is 0 Å². The van der Waals surface area contributed by atoms with Crippen LogP contribution in [0, 0.1) is 12.7 Å². The first-order valence-electron chi connectivity index (χ1n) is 4.92. The summed E-state index contributed by atoms with van der Waals surface area (Å²) < 4.78 is 13.3. The van der Waals surface area contributed by atoms with Crippen LogP contribution in [0.1, 0.15) is 12.5 Å². The SMILES string of the molecule is Cc1ccc(F)c(NC(=O)NC(=O)C(C)Cl)c1. The molecule has 0 bridgehead atoms. The number of anilines is 1. The third kappa shape index (κ3) is 4.03. The molecule has 1 atom stereocenters. The summed E-state index contributed by atoms with van der Waals surface area (Å²) in [5.41, 5.74) is 0.802. The van der Waals surface area contributed by atoms with E-state index in [-0.39, 0.29) is 5.69 Å². The van der Waals surface area contributed by atoms with E-state index in [2.05, 4.69) is 5.32 Å². The van der Waals surface area contributed by atoms with Crippen molar-refractivity contribution in [1.29, 1.82) is 0 Å². The summed E-state index contributed by atoms with van der Waals surface area (Å²) in [6.07, 6.45) is 0. The molecule has 1 aromatic carbocycles. The number of carbonyl (C=O) groups excluding carboxylic acids is 2. The van der Waals surface area contributed by atoms with Gasteiger partial charge < -0.3 is 5.32 Å². The van der Waals surface area contributed by atoms with Gasteiger partial charge >= 0.3 is 6.03 Å². The van der Waals surface area contributed by atoms with Crippen LogP contribution in [-0.2, 0) is 4.79 Å². The standard InChI is InChI=1S/C11H12ClFN2O2/c1-6-3-4-8(13)9(5-6)14-11(17)15-10(16)7(2)12/h3-5,7H,1-2H3,(H2,14,15,16,17). The number of aryl methyl sites for hydroxylation is 1. The molecule has 0 saturated heterocycles. The molecule has 6 heteroatoms. The van der Waals surface area contributed by atoms with Gasteiger partial charge in [-0.3, -0.25) is 10.1 Å². The van der Waals surface area contributed by atoms with Crippen LogP contribution in [0.15, 0.2) is 18.2 Å². The molecule has 0 saturated carbocycles. The minimum Gasteiger partial charge on any atom is -0.305 e. The van der Waals surface area contributed by atoms with Gasteiger partial charge in [-0.15, -0.1) is 11.6 Å². The Labute approximate surface area is 103 Å². The van der Waals surface area contributed by atoms with E-state index < -0.39 is 23.1 Å². The lowest BCUT2D eigenvalue weighted by atomic mass is 10.2. The average Bonchev–Trinajstić information content (AvgIpc) is 2.23. The molecule has 92 valence electrons. The van der Waals surface area contributed by atoms with Crippen molar-refractivity contribution in [2.24, 2.45) is 0 Å². The van der Waals surface area contributed by atoms with Gasteiger partial charge in [0.05, 0.1) is 5.69 Å². The molecular formula is C11H12ClFN2O2. The van der Waals surface area contributed by atoms with Gasteiger partial charge in [0.15, 0.2) is 0 Å². The molecule has 0 spiro atoms. The molecule has 0 aliphatic heterocycles. The number of nitrogens with one attached hydrogen (secondary N) is 2. The molecule has 0 aliphatic rings. The van der Waals surface area contributed by atoms with Crippen molar-refractivity contribution in [2.75, 3.05) is 5.32 Å². The first-order valence-corrected chi connectivity index (χ1v) is 5.36. The molecule has 1 rings (SSSR count). The van der Waals surface area contributed by atoms with Crippen LogP contribution in [0.3, 0.4) is 0 Å². The van der Waals surface area contributed by atoms with Crippen LogP contribution in [0.25, 0.3) is 0 Å². The van der Waals surface area contributed by atoms with E-state index in [4.69, 9.17) is 11.6 Å². The monoisotopic (exact) mass is 258 g/mol. The van der Waals surface area contributed by atoms with Gasteiger partial charge in [0, 0.05) is 0 Å². The topological polar surface area (TPSA) is 58.2 Å². The van der Waals surface area contributed by atoms with Gasteiger partial charge in [-0.05, 0) is 31.5 Å². The Hall–Kier alpha value is -1.62. The Bertz CT molecular complexity index is 449. The molecule has 3 amide bonds. The lowest BCUT2D eigenvalue weighted by Gasteiger charge is -2.08. The van der Waals surface area contributed by atoms with E-state index in [0.29, 0.717) is 0 Å². The van der Waals surface area contributed by atoms with Gasteiger partial charge in [0.25, 0.3) is 0 Å². The molecule has 4 nitrogen and oxygen atoms in total. The number of alkyl halides is 1. The number of benzene rings is 1. The second-order valence-electron chi connectivity index (χ2n) is 3.54. The fraction of sp³-hybridized carbons (Fsp3) is 0.273. The number of carbonyl (C=O) groups is 2. The zero-order chi connectivity index (χ0) is 13.0. The fourth-order valence-electron chi connectivity index (χ4n) is 1.10. The van der Waals surface area contributed by atoms with Gasteiger partial charge in [-0.2, -0.15) is 0 Å². The first kappa shape index (κ1) is 13.4. The molecule has 0 fully saturated rings. The summed E-state index contributed by atoms with van der Waals surface area (Å²) in [6.45, 7) is 3.19. The summed E-state index contributed by atoms with van der Waals surface area (Å²) in [6, 6.07) is 3.46. The van der Waals surface area contributed by atoms with Crippen LogP contribution in [-0.4, -0.2) is 17.3 Å². The molecule has 1 unspecified atom stereocenters. The van der Waals surface area contributed by atoms with Gasteiger partial charge in [-0.25, -0.2) is 9.18 Å². The lowest BCUT2D eigenvalue weighted by molar-refractivity contribution is -0.119. The predicted octanol–water partition coefficient (Wildman–Crippen LogP) is 2.41. The Balaban J connectivity index is 2.68. The second kappa shape index (κ2) is 5.63. The molecule has 2 N–H and O–H groups in total. The number of urea groups is 1. The van der Waals surface area contributed by atoms with E-state index in [0.717, 1.165) is 5.56 Å². The lowest BCUT2D eigenvalue weighted by Crippen LogP contribution is -2.38. The van der Waals surface area contributed by atoms with Crippen molar-refractivity contribution in [3.05, 3.63) is 29.6 Å². The number of imide groups is 1. The van der Waals surface area contributed by atoms with Crippen molar-refractivity contribution >= 4 is 29.2 Å². The second-order valence-corrected chi connectivity index (χ2v) is 4.20. The zero-order valence-corrected chi connectivity index (χ0v) is 10.1. The normalized spacial score (nSPS) is 11.8. The molecule has 0 aliphatic carbocycles. The maximum absolute atomic E-state index is 13.3. The van der Waals surface area contributed by atoms with Gasteiger partial charge in [-0.1, -0.05) is 6.07 Å². The van der Waals surface area contributed by atoms with Crippen LogP contribution >= 0.6 is 11.6 Å². The highest BCUT2D eigenvalue weighted by Crippen LogP contribution is 2.15. The quantitative estimate of drug-likeness (QED) is 0.801. The van der Waals surface area contributed by atoms with Gasteiger partial charge in [0.2, 0.25) is 5.91 Å². The Morgan fingerprint density at radius 3 is 2.65 bits per heavy atom.